The Labute approximate surface area is 120 Å². The van der Waals surface area contributed by atoms with Gasteiger partial charge < -0.3 is 10.1 Å². The first-order chi connectivity index (χ1) is 9.40. The van der Waals surface area contributed by atoms with Gasteiger partial charge in [0.05, 0.1) is 16.7 Å². The van der Waals surface area contributed by atoms with Crippen LogP contribution in [0.5, 0.6) is 0 Å². The second-order valence-corrected chi connectivity index (χ2v) is 5.89. The van der Waals surface area contributed by atoms with Crippen LogP contribution in [0.3, 0.4) is 0 Å². The van der Waals surface area contributed by atoms with E-state index < -0.39 is 11.7 Å². The van der Waals surface area contributed by atoms with Gasteiger partial charge in [-0.3, -0.25) is 0 Å². The summed E-state index contributed by atoms with van der Waals surface area (Å²) >= 11 is 1.35. The highest BCUT2D eigenvalue weighted by Gasteiger charge is 2.33. The van der Waals surface area contributed by atoms with Crippen LogP contribution in [-0.4, -0.2) is 29.5 Å². The standard InChI is InChI=1S/C13H17F3N2OS/c1-3-17-11-6-9(13(14,15)16)7-12(18-11)20-10-4-5-19-8(10)2/h6-8,10H,3-5H2,1-2H3,(H,17,18). The molecule has 7 heteroatoms. The van der Waals surface area contributed by atoms with E-state index in [0.29, 0.717) is 18.2 Å². The molecule has 0 radical (unpaired) electrons. The molecule has 1 N–H and O–H groups in total. The van der Waals surface area contributed by atoms with Crippen molar-refractivity contribution in [2.75, 3.05) is 18.5 Å². The molecule has 1 fully saturated rings. The smallest absolute Gasteiger partial charge is 0.377 e. The summed E-state index contributed by atoms with van der Waals surface area (Å²) < 4.78 is 44.1. The number of pyridine rings is 1. The number of ether oxygens (including phenoxy) is 1. The van der Waals surface area contributed by atoms with Crippen LogP contribution >= 0.6 is 11.8 Å². The summed E-state index contributed by atoms with van der Waals surface area (Å²) in [6, 6.07) is 2.15. The van der Waals surface area contributed by atoms with Crippen LogP contribution in [-0.2, 0) is 10.9 Å². The largest absolute Gasteiger partial charge is 0.416 e. The van der Waals surface area contributed by atoms with Gasteiger partial charge in [0.15, 0.2) is 0 Å². The fourth-order valence-corrected chi connectivity index (χ4v) is 3.16. The molecule has 1 aromatic heterocycles. The van der Waals surface area contributed by atoms with Gasteiger partial charge in [-0.1, -0.05) is 0 Å². The SMILES string of the molecule is CCNc1cc(C(F)(F)F)cc(SC2CCOC2C)n1. The number of aromatic nitrogens is 1. The van der Waals surface area contributed by atoms with Gasteiger partial charge in [0.1, 0.15) is 5.82 Å². The average Bonchev–Trinajstić information content (AvgIpc) is 2.74. The van der Waals surface area contributed by atoms with Crippen LogP contribution in [0.4, 0.5) is 19.0 Å². The molecule has 0 saturated carbocycles. The first kappa shape index (κ1) is 15.4. The van der Waals surface area contributed by atoms with Crippen LogP contribution < -0.4 is 5.32 Å². The van der Waals surface area contributed by atoms with Crippen LogP contribution in [0, 0.1) is 0 Å². The predicted octanol–water partition coefficient (Wildman–Crippen LogP) is 3.80. The number of nitrogens with one attached hydrogen (secondary N) is 1. The highest BCUT2D eigenvalue weighted by atomic mass is 32.2. The van der Waals surface area contributed by atoms with E-state index in [2.05, 4.69) is 10.3 Å². The molecule has 3 nitrogen and oxygen atoms in total. The lowest BCUT2D eigenvalue weighted by molar-refractivity contribution is -0.137. The lowest BCUT2D eigenvalue weighted by atomic mass is 10.2. The summed E-state index contributed by atoms with van der Waals surface area (Å²) in [4.78, 5) is 4.23. The Morgan fingerprint density at radius 1 is 1.45 bits per heavy atom. The third-order valence-corrected chi connectivity index (χ3v) is 4.44. The molecular formula is C13H17F3N2OS. The van der Waals surface area contributed by atoms with Crippen LogP contribution in [0.1, 0.15) is 25.8 Å². The van der Waals surface area contributed by atoms with E-state index in [0.717, 1.165) is 18.6 Å². The molecule has 20 heavy (non-hydrogen) atoms. The molecule has 2 rings (SSSR count). The number of nitrogens with zero attached hydrogens (tertiary/aromatic N) is 1. The fraction of sp³-hybridized carbons (Fsp3) is 0.615. The highest BCUT2D eigenvalue weighted by molar-refractivity contribution is 7.99. The predicted molar refractivity (Wildman–Crippen MR) is 73.1 cm³/mol. The van der Waals surface area contributed by atoms with E-state index in [1.807, 2.05) is 13.8 Å². The van der Waals surface area contributed by atoms with Crippen molar-refractivity contribution in [1.82, 2.24) is 4.98 Å². The topological polar surface area (TPSA) is 34.1 Å². The van der Waals surface area contributed by atoms with Gasteiger partial charge in [-0.05, 0) is 32.4 Å². The van der Waals surface area contributed by atoms with Crippen LogP contribution in [0.25, 0.3) is 0 Å². The zero-order valence-electron chi connectivity index (χ0n) is 11.3. The number of rotatable bonds is 4. The second kappa shape index (κ2) is 6.22. The van der Waals surface area contributed by atoms with Gasteiger partial charge in [-0.2, -0.15) is 13.2 Å². The average molecular weight is 306 g/mol. The van der Waals surface area contributed by atoms with Gasteiger partial charge in [-0.25, -0.2) is 4.98 Å². The summed E-state index contributed by atoms with van der Waals surface area (Å²) in [5, 5.41) is 3.38. The zero-order valence-corrected chi connectivity index (χ0v) is 12.1. The molecule has 0 spiro atoms. The summed E-state index contributed by atoms with van der Waals surface area (Å²) in [5.74, 6) is 0.261. The van der Waals surface area contributed by atoms with E-state index in [1.165, 1.54) is 11.8 Å². The number of anilines is 1. The molecule has 1 saturated heterocycles. The van der Waals surface area contributed by atoms with Crippen molar-refractivity contribution in [3.63, 3.8) is 0 Å². The lowest BCUT2D eigenvalue weighted by Gasteiger charge is -2.16. The molecule has 2 unspecified atom stereocenters. The molecule has 0 aromatic carbocycles. The van der Waals surface area contributed by atoms with Gasteiger partial charge >= 0.3 is 6.18 Å². The number of thioether (sulfide) groups is 1. The molecule has 0 amide bonds. The molecule has 1 aliphatic heterocycles. The Morgan fingerprint density at radius 3 is 2.75 bits per heavy atom. The first-order valence-electron chi connectivity index (χ1n) is 6.51. The van der Waals surface area contributed by atoms with Crippen LogP contribution in [0.15, 0.2) is 17.2 Å². The molecule has 112 valence electrons. The number of alkyl halides is 3. The third-order valence-electron chi connectivity index (χ3n) is 3.07. The molecular weight excluding hydrogens is 289 g/mol. The van der Waals surface area contributed by atoms with Crippen molar-refractivity contribution in [3.05, 3.63) is 17.7 Å². The quantitative estimate of drug-likeness (QED) is 0.917. The zero-order chi connectivity index (χ0) is 14.8. The summed E-state index contributed by atoms with van der Waals surface area (Å²) in [7, 11) is 0. The number of halogens is 3. The summed E-state index contributed by atoms with van der Waals surface area (Å²) in [5.41, 5.74) is -0.669. The molecule has 0 aliphatic carbocycles. The van der Waals surface area contributed by atoms with Crippen molar-refractivity contribution < 1.29 is 17.9 Å². The van der Waals surface area contributed by atoms with Crippen molar-refractivity contribution in [2.24, 2.45) is 0 Å². The van der Waals surface area contributed by atoms with Crippen molar-refractivity contribution in [3.8, 4) is 0 Å². The van der Waals surface area contributed by atoms with E-state index >= 15 is 0 Å². The Balaban J connectivity index is 2.24. The summed E-state index contributed by atoms with van der Waals surface area (Å²) in [6.45, 7) is 4.93. The van der Waals surface area contributed by atoms with Gasteiger partial charge in [0, 0.05) is 18.4 Å². The maximum atomic E-state index is 12.9. The van der Waals surface area contributed by atoms with Gasteiger partial charge in [0.25, 0.3) is 0 Å². The fourth-order valence-electron chi connectivity index (χ4n) is 2.02. The lowest BCUT2D eigenvalue weighted by Crippen LogP contribution is -2.14. The number of hydrogen-bond donors (Lipinski definition) is 1. The van der Waals surface area contributed by atoms with E-state index in [1.54, 1.807) is 0 Å². The number of hydrogen-bond acceptors (Lipinski definition) is 4. The molecule has 2 heterocycles. The van der Waals surface area contributed by atoms with Gasteiger partial charge in [0.2, 0.25) is 0 Å². The van der Waals surface area contributed by atoms with Crippen molar-refractivity contribution >= 4 is 17.6 Å². The Morgan fingerprint density at radius 2 is 2.20 bits per heavy atom. The van der Waals surface area contributed by atoms with E-state index in [4.69, 9.17) is 4.74 Å². The minimum absolute atomic E-state index is 0.0407. The second-order valence-electron chi connectivity index (χ2n) is 4.63. The maximum Gasteiger partial charge on any atom is 0.416 e. The summed E-state index contributed by atoms with van der Waals surface area (Å²) in [6.07, 6.45) is -3.49. The third kappa shape index (κ3) is 3.79. The Bertz CT molecular complexity index is 467. The molecule has 1 aromatic rings. The normalized spacial score (nSPS) is 23.1. The highest BCUT2D eigenvalue weighted by Crippen LogP contribution is 2.36. The minimum atomic E-state index is -4.36. The van der Waals surface area contributed by atoms with Gasteiger partial charge in [-0.15, -0.1) is 11.8 Å². The molecule has 2 atom stereocenters. The van der Waals surface area contributed by atoms with E-state index in [-0.39, 0.29) is 17.2 Å². The maximum absolute atomic E-state index is 12.9. The van der Waals surface area contributed by atoms with Crippen molar-refractivity contribution in [2.45, 2.75) is 42.8 Å². The van der Waals surface area contributed by atoms with Crippen LogP contribution in [0.2, 0.25) is 0 Å². The Kier molecular flexibility index (Phi) is 4.80. The van der Waals surface area contributed by atoms with Crippen molar-refractivity contribution in [1.29, 1.82) is 0 Å². The first-order valence-corrected chi connectivity index (χ1v) is 7.39. The van der Waals surface area contributed by atoms with E-state index in [9.17, 15) is 13.2 Å². The monoisotopic (exact) mass is 306 g/mol. The molecule has 0 bridgehead atoms. The minimum Gasteiger partial charge on any atom is -0.377 e. The Hall–Kier alpha value is -0.950. The molecule has 1 aliphatic rings.